The molecule has 0 aromatic heterocycles. The number of hydrogen-bond acceptors (Lipinski definition) is 6. The summed E-state index contributed by atoms with van der Waals surface area (Å²) in [5.74, 6) is -0.939. The SMILES string of the molecule is CC/C=C\C/C=C\C/C=C\C/C=C\C/C=C\C/C=C\CCCCCCCCC(=O)OCC(COC(=O)CCCCCCC/C=C\C/C=C\CCCC)OC(=O)CCCCCCCC/C=C\C/C=C\C/C=C\CCCCC. The summed E-state index contributed by atoms with van der Waals surface area (Å²) < 4.78 is 16.9. The van der Waals surface area contributed by atoms with Gasteiger partial charge in [-0.25, -0.2) is 0 Å². The van der Waals surface area contributed by atoms with Crippen LogP contribution in [0.2, 0.25) is 0 Å². The van der Waals surface area contributed by atoms with Gasteiger partial charge in [0.1, 0.15) is 13.2 Å². The minimum Gasteiger partial charge on any atom is -0.462 e. The highest BCUT2D eigenvalue weighted by Crippen LogP contribution is 2.14. The third-order valence-corrected chi connectivity index (χ3v) is 12.9. The molecule has 6 heteroatoms. The number of allylic oxidation sites excluding steroid dienone is 22. The van der Waals surface area contributed by atoms with Crippen molar-refractivity contribution in [2.75, 3.05) is 13.2 Å². The monoisotopic (exact) mass is 1050 g/mol. The van der Waals surface area contributed by atoms with Gasteiger partial charge in [0.15, 0.2) is 6.10 Å². The lowest BCUT2D eigenvalue weighted by atomic mass is 10.1. The second-order valence-electron chi connectivity index (χ2n) is 20.2. The summed E-state index contributed by atoms with van der Waals surface area (Å²) in [5, 5.41) is 0. The van der Waals surface area contributed by atoms with Crippen molar-refractivity contribution in [1.82, 2.24) is 0 Å². The molecule has 0 saturated carbocycles. The van der Waals surface area contributed by atoms with E-state index >= 15 is 0 Å². The molecule has 0 rings (SSSR count). The lowest BCUT2D eigenvalue weighted by Gasteiger charge is -2.18. The average Bonchev–Trinajstić information content (AvgIpc) is 3.42. The highest BCUT2D eigenvalue weighted by molar-refractivity contribution is 5.71. The number of ether oxygens (including phenoxy) is 3. The fourth-order valence-electron chi connectivity index (χ4n) is 8.17. The Hall–Kier alpha value is -4.45. The van der Waals surface area contributed by atoms with Gasteiger partial charge < -0.3 is 14.2 Å². The van der Waals surface area contributed by atoms with Gasteiger partial charge in [-0.15, -0.1) is 0 Å². The molecule has 0 amide bonds. The van der Waals surface area contributed by atoms with Crippen LogP contribution in [0.3, 0.4) is 0 Å². The standard InChI is InChI=1S/C70H114O6/c1-4-7-10-13-16-19-22-25-28-30-32-33-34-35-36-37-39-40-42-45-48-51-54-57-60-63-69(72)75-66-67(65-74-68(71)62-59-56-53-50-47-44-27-24-21-18-15-12-9-6-3)76-70(73)64-61-58-55-52-49-46-43-41-38-31-29-26-23-20-17-14-11-8-5-2/h7,10,15-20,24-29,32-33,35-36,38-41,67H,4-6,8-9,11-14,21-23,30-31,34,37,42-66H2,1-3H3/b10-7-,18-15-,19-16-,20-17-,27-24-,28-25-,29-26-,33-32-,36-35-,40-39-,41-38-. The Morgan fingerprint density at radius 1 is 0.276 bits per heavy atom. The molecule has 1 atom stereocenters. The fourth-order valence-corrected chi connectivity index (χ4v) is 8.17. The predicted octanol–water partition coefficient (Wildman–Crippen LogP) is 21.4. The van der Waals surface area contributed by atoms with Crippen LogP contribution in [0, 0.1) is 0 Å². The quantitative estimate of drug-likeness (QED) is 0.0261. The number of carbonyl (C=O) groups is 3. The van der Waals surface area contributed by atoms with Crippen molar-refractivity contribution < 1.29 is 28.6 Å². The third kappa shape index (κ3) is 60.4. The topological polar surface area (TPSA) is 78.9 Å². The zero-order valence-electron chi connectivity index (χ0n) is 49.2. The molecule has 0 fully saturated rings. The largest absolute Gasteiger partial charge is 0.462 e. The van der Waals surface area contributed by atoms with Gasteiger partial charge in [0.2, 0.25) is 0 Å². The Morgan fingerprint density at radius 3 is 0.842 bits per heavy atom. The first-order chi connectivity index (χ1) is 37.5. The number of rotatable bonds is 55. The maximum atomic E-state index is 12.9. The Morgan fingerprint density at radius 2 is 0.526 bits per heavy atom. The van der Waals surface area contributed by atoms with Crippen molar-refractivity contribution in [3.05, 3.63) is 134 Å². The molecule has 0 bridgehead atoms. The van der Waals surface area contributed by atoms with E-state index in [0.29, 0.717) is 19.3 Å². The maximum Gasteiger partial charge on any atom is 0.306 e. The van der Waals surface area contributed by atoms with Gasteiger partial charge in [0.05, 0.1) is 0 Å². The molecule has 0 aliphatic carbocycles. The molecule has 0 aliphatic rings. The van der Waals surface area contributed by atoms with Crippen molar-refractivity contribution in [2.45, 2.75) is 277 Å². The molecule has 0 spiro atoms. The van der Waals surface area contributed by atoms with Crippen molar-refractivity contribution >= 4 is 17.9 Å². The van der Waals surface area contributed by atoms with E-state index in [1.165, 1.54) is 70.6 Å². The first kappa shape index (κ1) is 71.5. The Labute approximate surface area is 468 Å². The summed E-state index contributed by atoms with van der Waals surface area (Å²) in [6.07, 6.45) is 88.7. The summed E-state index contributed by atoms with van der Waals surface area (Å²) in [5.41, 5.74) is 0. The van der Waals surface area contributed by atoms with Gasteiger partial charge >= 0.3 is 17.9 Å². The lowest BCUT2D eigenvalue weighted by Crippen LogP contribution is -2.30. The number of carbonyl (C=O) groups excluding carboxylic acids is 3. The molecular weight excluding hydrogens is 937 g/mol. The average molecular weight is 1050 g/mol. The lowest BCUT2D eigenvalue weighted by molar-refractivity contribution is -0.167. The van der Waals surface area contributed by atoms with E-state index in [1.54, 1.807) is 0 Å². The van der Waals surface area contributed by atoms with Crippen LogP contribution in [0.5, 0.6) is 0 Å². The molecule has 76 heavy (non-hydrogen) atoms. The van der Waals surface area contributed by atoms with E-state index in [2.05, 4.69) is 154 Å². The summed E-state index contributed by atoms with van der Waals surface area (Å²) in [4.78, 5) is 38.3. The maximum absolute atomic E-state index is 12.9. The van der Waals surface area contributed by atoms with Crippen LogP contribution in [0.4, 0.5) is 0 Å². The fraction of sp³-hybridized carbons (Fsp3) is 0.643. The first-order valence-electron chi connectivity index (χ1n) is 31.2. The molecule has 0 heterocycles. The molecule has 0 aliphatic heterocycles. The van der Waals surface area contributed by atoms with Gasteiger partial charge in [-0.3, -0.25) is 14.4 Å². The predicted molar refractivity (Wildman–Crippen MR) is 329 cm³/mol. The zero-order chi connectivity index (χ0) is 55.0. The molecule has 0 aromatic carbocycles. The van der Waals surface area contributed by atoms with Crippen LogP contribution in [0.1, 0.15) is 271 Å². The van der Waals surface area contributed by atoms with Crippen LogP contribution in [-0.2, 0) is 28.6 Å². The molecule has 0 radical (unpaired) electrons. The minimum absolute atomic E-state index is 0.0994. The molecular formula is C70H114O6. The van der Waals surface area contributed by atoms with Gasteiger partial charge in [-0.2, -0.15) is 0 Å². The second kappa shape index (κ2) is 63.1. The highest BCUT2D eigenvalue weighted by Gasteiger charge is 2.19. The molecule has 1 unspecified atom stereocenters. The van der Waals surface area contributed by atoms with E-state index in [-0.39, 0.29) is 31.1 Å². The van der Waals surface area contributed by atoms with Crippen molar-refractivity contribution in [2.24, 2.45) is 0 Å². The normalized spacial score (nSPS) is 13.0. The van der Waals surface area contributed by atoms with E-state index in [0.717, 1.165) is 161 Å². The molecule has 0 N–H and O–H groups in total. The number of hydrogen-bond donors (Lipinski definition) is 0. The third-order valence-electron chi connectivity index (χ3n) is 12.9. The summed E-state index contributed by atoms with van der Waals surface area (Å²) >= 11 is 0. The van der Waals surface area contributed by atoms with Crippen LogP contribution in [0.15, 0.2) is 134 Å². The Balaban J connectivity index is 4.44. The molecule has 0 aromatic rings. The van der Waals surface area contributed by atoms with Crippen molar-refractivity contribution in [3.63, 3.8) is 0 Å². The second-order valence-corrected chi connectivity index (χ2v) is 20.2. The summed E-state index contributed by atoms with van der Waals surface area (Å²) in [6, 6.07) is 0. The minimum atomic E-state index is -0.804. The van der Waals surface area contributed by atoms with E-state index in [9.17, 15) is 14.4 Å². The van der Waals surface area contributed by atoms with E-state index in [1.807, 2.05) is 0 Å². The van der Waals surface area contributed by atoms with Gasteiger partial charge in [-0.1, -0.05) is 251 Å². The van der Waals surface area contributed by atoms with Gasteiger partial charge in [0.25, 0.3) is 0 Å². The van der Waals surface area contributed by atoms with E-state index < -0.39 is 6.10 Å². The van der Waals surface area contributed by atoms with Crippen LogP contribution in [0.25, 0.3) is 0 Å². The van der Waals surface area contributed by atoms with Crippen LogP contribution < -0.4 is 0 Å². The first-order valence-corrected chi connectivity index (χ1v) is 31.2. The number of unbranched alkanes of at least 4 members (excludes halogenated alkanes) is 22. The number of esters is 3. The smallest absolute Gasteiger partial charge is 0.306 e. The Bertz CT molecular complexity index is 1630. The molecule has 6 nitrogen and oxygen atoms in total. The van der Waals surface area contributed by atoms with Crippen LogP contribution in [-0.4, -0.2) is 37.2 Å². The van der Waals surface area contributed by atoms with E-state index in [4.69, 9.17) is 14.2 Å². The highest BCUT2D eigenvalue weighted by atomic mass is 16.6. The van der Waals surface area contributed by atoms with Crippen molar-refractivity contribution in [1.29, 1.82) is 0 Å². The zero-order valence-corrected chi connectivity index (χ0v) is 49.2. The van der Waals surface area contributed by atoms with Gasteiger partial charge in [0, 0.05) is 19.3 Å². The van der Waals surface area contributed by atoms with Crippen LogP contribution >= 0.6 is 0 Å². The summed E-state index contributed by atoms with van der Waals surface area (Å²) in [7, 11) is 0. The van der Waals surface area contributed by atoms with Gasteiger partial charge in [-0.05, 0) is 135 Å². The van der Waals surface area contributed by atoms with Crippen molar-refractivity contribution in [3.8, 4) is 0 Å². The Kier molecular flexibility index (Phi) is 59.4. The molecule has 0 saturated heterocycles. The molecule has 430 valence electrons. The summed E-state index contributed by atoms with van der Waals surface area (Å²) in [6.45, 7) is 6.42.